The van der Waals surface area contributed by atoms with Crippen LogP contribution in [0.5, 0.6) is 11.5 Å². The molecule has 1 atom stereocenters. The summed E-state index contributed by atoms with van der Waals surface area (Å²) in [5.74, 6) is -0.217. The first-order valence-corrected chi connectivity index (χ1v) is 14.2. The first-order valence-electron chi connectivity index (χ1n) is 11.6. The van der Waals surface area contributed by atoms with Gasteiger partial charge in [-0.25, -0.2) is 8.42 Å². The molecule has 0 aliphatic carbocycles. The third-order valence-corrected chi connectivity index (χ3v) is 7.55. The minimum absolute atomic E-state index is 0.0155. The molecule has 12 heteroatoms. The van der Waals surface area contributed by atoms with E-state index in [1.54, 1.807) is 31.2 Å². The Morgan fingerprint density at radius 1 is 1.03 bits per heavy atom. The van der Waals surface area contributed by atoms with Crippen molar-refractivity contribution >= 4 is 50.7 Å². The van der Waals surface area contributed by atoms with E-state index in [1.165, 1.54) is 31.3 Å². The number of anilines is 1. The van der Waals surface area contributed by atoms with Gasteiger partial charge in [-0.15, -0.1) is 0 Å². The lowest BCUT2D eigenvalue weighted by Gasteiger charge is -2.31. The number of benzene rings is 2. The van der Waals surface area contributed by atoms with Crippen LogP contribution < -0.4 is 19.1 Å². The molecule has 0 fully saturated rings. The zero-order chi connectivity index (χ0) is 27.8. The fourth-order valence-corrected chi connectivity index (χ4v) is 4.71. The highest BCUT2D eigenvalue weighted by molar-refractivity contribution is 7.92. The van der Waals surface area contributed by atoms with Crippen LogP contribution in [0.1, 0.15) is 32.3 Å². The van der Waals surface area contributed by atoms with Crippen LogP contribution in [0.25, 0.3) is 0 Å². The van der Waals surface area contributed by atoms with E-state index in [-0.39, 0.29) is 18.1 Å². The highest BCUT2D eigenvalue weighted by Gasteiger charge is 2.30. The van der Waals surface area contributed by atoms with Crippen LogP contribution in [0.15, 0.2) is 36.4 Å². The third kappa shape index (κ3) is 8.41. The highest BCUT2D eigenvalue weighted by Crippen LogP contribution is 2.32. The minimum Gasteiger partial charge on any atom is -0.493 e. The van der Waals surface area contributed by atoms with Crippen LogP contribution in [0, 0.1) is 0 Å². The molecular weight excluding hydrogens is 541 g/mol. The number of hydrogen-bond donors (Lipinski definition) is 1. The van der Waals surface area contributed by atoms with Crippen molar-refractivity contribution < 1.29 is 27.5 Å². The van der Waals surface area contributed by atoms with Crippen molar-refractivity contribution in [1.29, 1.82) is 0 Å². The summed E-state index contributed by atoms with van der Waals surface area (Å²) < 4.78 is 36.9. The Hall–Kier alpha value is -2.69. The molecular formula is C25H33Cl2N3O6S. The molecule has 0 saturated carbocycles. The van der Waals surface area contributed by atoms with Crippen molar-refractivity contribution in [2.24, 2.45) is 0 Å². The molecule has 0 spiro atoms. The summed E-state index contributed by atoms with van der Waals surface area (Å²) in [4.78, 5) is 27.8. The lowest BCUT2D eigenvalue weighted by molar-refractivity contribution is -0.139. The van der Waals surface area contributed by atoms with Gasteiger partial charge in [0.15, 0.2) is 11.5 Å². The Balaban J connectivity index is 2.42. The largest absolute Gasteiger partial charge is 0.493 e. The topological polar surface area (TPSA) is 105 Å². The Labute approximate surface area is 228 Å². The lowest BCUT2D eigenvalue weighted by atomic mass is 10.1. The van der Waals surface area contributed by atoms with Crippen LogP contribution >= 0.6 is 23.2 Å². The number of nitrogens with one attached hydrogen (secondary N) is 1. The van der Waals surface area contributed by atoms with Crippen LogP contribution in [-0.4, -0.2) is 64.7 Å². The molecule has 0 aromatic heterocycles. The van der Waals surface area contributed by atoms with Gasteiger partial charge >= 0.3 is 0 Å². The number of unbranched alkanes of at least 4 members (excludes halogenated alkanes) is 1. The van der Waals surface area contributed by atoms with E-state index in [2.05, 4.69) is 5.32 Å². The summed E-state index contributed by atoms with van der Waals surface area (Å²) in [7, 11) is -1.00. The number of amides is 2. The Morgan fingerprint density at radius 3 is 2.27 bits per heavy atom. The standard InChI is InChI=1S/C25H33Cl2N3O6S/c1-6-7-12-28-25(32)17(2)29(15-18-8-10-20(26)21(27)13-18)24(31)16-30(37(5,33)34)19-9-11-22(35-3)23(14-19)36-4/h8-11,13-14,17H,6-7,12,15-16H2,1-5H3,(H,28,32)/t17-/m0/s1. The van der Waals surface area contributed by atoms with Crippen molar-refractivity contribution in [1.82, 2.24) is 10.2 Å². The maximum atomic E-state index is 13.6. The van der Waals surface area contributed by atoms with Crippen LogP contribution in [0.3, 0.4) is 0 Å². The minimum atomic E-state index is -3.89. The molecule has 2 aromatic rings. The SMILES string of the molecule is CCCCNC(=O)[C@H](C)N(Cc1ccc(Cl)c(Cl)c1)C(=O)CN(c1ccc(OC)c(OC)c1)S(C)(=O)=O. The van der Waals surface area contributed by atoms with Gasteiger partial charge in [0.2, 0.25) is 21.8 Å². The zero-order valence-electron chi connectivity index (χ0n) is 21.6. The molecule has 2 aromatic carbocycles. The van der Waals surface area contributed by atoms with E-state index >= 15 is 0 Å². The number of rotatable bonds is 13. The predicted octanol–water partition coefficient (Wildman–Crippen LogP) is 4.11. The van der Waals surface area contributed by atoms with Gasteiger partial charge in [0.05, 0.1) is 36.2 Å². The van der Waals surface area contributed by atoms with Gasteiger partial charge in [-0.3, -0.25) is 13.9 Å². The molecule has 2 rings (SSSR count). The Morgan fingerprint density at radius 2 is 1.70 bits per heavy atom. The van der Waals surface area contributed by atoms with Crippen LogP contribution in [-0.2, 0) is 26.2 Å². The van der Waals surface area contributed by atoms with Gasteiger partial charge in [0.25, 0.3) is 0 Å². The number of halogens is 2. The summed E-state index contributed by atoms with van der Waals surface area (Å²) in [6, 6.07) is 8.55. The lowest BCUT2D eigenvalue weighted by Crippen LogP contribution is -2.51. The number of nitrogens with zero attached hydrogens (tertiary/aromatic N) is 2. The van der Waals surface area contributed by atoms with Gasteiger partial charge in [-0.1, -0.05) is 42.6 Å². The van der Waals surface area contributed by atoms with Crippen molar-refractivity contribution in [2.75, 3.05) is 37.9 Å². The summed E-state index contributed by atoms with van der Waals surface area (Å²) >= 11 is 12.2. The number of carbonyl (C=O) groups is 2. The number of ether oxygens (including phenoxy) is 2. The van der Waals surface area contributed by atoms with Gasteiger partial charge in [-0.2, -0.15) is 0 Å². The summed E-state index contributed by atoms with van der Waals surface area (Å²) in [5.41, 5.74) is 0.844. The maximum Gasteiger partial charge on any atom is 0.244 e. The molecule has 1 N–H and O–H groups in total. The van der Waals surface area contributed by atoms with Crippen molar-refractivity contribution in [2.45, 2.75) is 39.3 Å². The average molecular weight is 575 g/mol. The second-order valence-electron chi connectivity index (χ2n) is 8.40. The van der Waals surface area contributed by atoms with E-state index in [0.29, 0.717) is 33.7 Å². The first kappa shape index (κ1) is 30.5. The quantitative estimate of drug-likeness (QED) is 0.361. The number of methoxy groups -OCH3 is 2. The monoisotopic (exact) mass is 573 g/mol. The molecule has 0 unspecified atom stereocenters. The molecule has 0 heterocycles. The molecule has 2 amide bonds. The normalized spacial score (nSPS) is 12.0. The van der Waals surface area contributed by atoms with Gasteiger partial charge in [-0.05, 0) is 43.2 Å². The molecule has 37 heavy (non-hydrogen) atoms. The van der Waals surface area contributed by atoms with E-state index in [4.69, 9.17) is 32.7 Å². The molecule has 204 valence electrons. The second-order valence-corrected chi connectivity index (χ2v) is 11.1. The molecule has 0 aliphatic rings. The van der Waals surface area contributed by atoms with E-state index in [0.717, 1.165) is 23.4 Å². The van der Waals surface area contributed by atoms with E-state index in [1.807, 2.05) is 6.92 Å². The summed E-state index contributed by atoms with van der Waals surface area (Å²) in [6.07, 6.45) is 2.69. The highest BCUT2D eigenvalue weighted by atomic mass is 35.5. The third-order valence-electron chi connectivity index (χ3n) is 5.67. The molecule has 0 bridgehead atoms. The van der Waals surface area contributed by atoms with Crippen LogP contribution in [0.4, 0.5) is 5.69 Å². The summed E-state index contributed by atoms with van der Waals surface area (Å²) in [5, 5.41) is 3.48. The Kier molecular flexibility index (Phi) is 11.3. The molecule has 0 saturated heterocycles. The molecule has 9 nitrogen and oxygen atoms in total. The fraction of sp³-hybridized carbons (Fsp3) is 0.440. The van der Waals surface area contributed by atoms with E-state index in [9.17, 15) is 18.0 Å². The van der Waals surface area contributed by atoms with Crippen molar-refractivity contribution in [3.05, 3.63) is 52.0 Å². The van der Waals surface area contributed by atoms with Crippen molar-refractivity contribution in [3.8, 4) is 11.5 Å². The molecule has 0 radical (unpaired) electrons. The van der Waals surface area contributed by atoms with E-state index < -0.39 is 28.5 Å². The summed E-state index contributed by atoms with van der Waals surface area (Å²) in [6.45, 7) is 3.54. The number of sulfonamides is 1. The average Bonchev–Trinajstić information content (AvgIpc) is 2.86. The van der Waals surface area contributed by atoms with Gasteiger partial charge < -0.3 is 19.7 Å². The second kappa shape index (κ2) is 13.7. The number of carbonyl (C=O) groups excluding carboxylic acids is 2. The smallest absolute Gasteiger partial charge is 0.244 e. The fourth-order valence-electron chi connectivity index (χ4n) is 3.55. The van der Waals surface area contributed by atoms with Crippen LogP contribution in [0.2, 0.25) is 10.0 Å². The first-order chi connectivity index (χ1) is 17.4. The maximum absolute atomic E-state index is 13.6. The Bertz CT molecular complexity index is 1210. The van der Waals surface area contributed by atoms with Gasteiger partial charge in [0.1, 0.15) is 12.6 Å². The molecule has 0 aliphatic heterocycles. The van der Waals surface area contributed by atoms with Crippen molar-refractivity contribution in [3.63, 3.8) is 0 Å². The van der Waals surface area contributed by atoms with Gasteiger partial charge in [0, 0.05) is 19.2 Å². The number of hydrogen-bond acceptors (Lipinski definition) is 6. The predicted molar refractivity (Wildman–Crippen MR) is 146 cm³/mol. The zero-order valence-corrected chi connectivity index (χ0v) is 23.9.